The summed E-state index contributed by atoms with van der Waals surface area (Å²) in [5, 5.41) is 9.00. The number of hydrogen-bond acceptors (Lipinski definition) is 7. The maximum absolute atomic E-state index is 11.0. The zero-order valence-electron chi connectivity index (χ0n) is 19.7. The number of ether oxygens (including phenoxy) is 4. The van der Waals surface area contributed by atoms with Crippen molar-refractivity contribution >= 4 is 5.97 Å². The van der Waals surface area contributed by atoms with Crippen molar-refractivity contribution in [2.75, 3.05) is 0 Å². The minimum absolute atomic E-state index is 0.116. The highest BCUT2D eigenvalue weighted by atomic mass is 17.3. The van der Waals surface area contributed by atoms with Gasteiger partial charge in [0.05, 0.1) is 6.61 Å². The van der Waals surface area contributed by atoms with Crippen molar-refractivity contribution in [3.63, 3.8) is 0 Å². The molecule has 8 heteroatoms. The standard InChI is InChI=1S/C25H34O8/c1-14-5-10-20-15(2)22(28-13-17-6-8-18(9-7-17)29-16(3)21(26)27)30-23-25(20)19(14)11-12-24(4,31-23)32-33-25/h6-9,14-16,19-20,22-23H,5,10-13H2,1-4H3,(H,26,27)/t14-,15-,16?,19?,20?,22-,23-,24+,25-/m1/s1. The quantitative estimate of drug-likeness (QED) is 0.627. The van der Waals surface area contributed by atoms with E-state index in [4.69, 9.17) is 33.8 Å². The lowest BCUT2D eigenvalue weighted by atomic mass is 9.58. The van der Waals surface area contributed by atoms with E-state index in [0.717, 1.165) is 31.2 Å². The summed E-state index contributed by atoms with van der Waals surface area (Å²) in [6.07, 6.45) is 2.11. The van der Waals surface area contributed by atoms with E-state index in [0.29, 0.717) is 24.2 Å². The van der Waals surface area contributed by atoms with Crippen molar-refractivity contribution in [3.05, 3.63) is 29.8 Å². The van der Waals surface area contributed by atoms with Crippen LogP contribution in [0.2, 0.25) is 0 Å². The number of hydrogen-bond donors (Lipinski definition) is 1. The van der Waals surface area contributed by atoms with Crippen molar-refractivity contribution in [1.82, 2.24) is 0 Å². The van der Waals surface area contributed by atoms with Crippen LogP contribution >= 0.6 is 0 Å². The molecule has 6 rings (SSSR count). The molecule has 1 aromatic rings. The first-order chi connectivity index (χ1) is 15.7. The summed E-state index contributed by atoms with van der Waals surface area (Å²) in [5.41, 5.74) is 0.360. The Bertz CT molecular complexity index is 874. The minimum atomic E-state index is -0.999. The Balaban J connectivity index is 1.29. The van der Waals surface area contributed by atoms with Crippen LogP contribution in [0.3, 0.4) is 0 Å². The summed E-state index contributed by atoms with van der Waals surface area (Å²) in [6, 6.07) is 7.26. The van der Waals surface area contributed by atoms with Crippen LogP contribution < -0.4 is 4.74 Å². The first kappa shape index (κ1) is 23.1. The molecule has 0 amide bonds. The largest absolute Gasteiger partial charge is 0.479 e. The van der Waals surface area contributed by atoms with Crippen molar-refractivity contribution < 1.29 is 38.6 Å². The van der Waals surface area contributed by atoms with Crippen molar-refractivity contribution in [3.8, 4) is 5.75 Å². The van der Waals surface area contributed by atoms with E-state index in [9.17, 15) is 4.79 Å². The maximum atomic E-state index is 11.0. The summed E-state index contributed by atoms with van der Waals surface area (Å²) < 4.78 is 24.5. The van der Waals surface area contributed by atoms with E-state index in [1.165, 1.54) is 6.92 Å². The van der Waals surface area contributed by atoms with Gasteiger partial charge < -0.3 is 24.1 Å². The molecule has 4 saturated heterocycles. The molecule has 0 radical (unpaired) electrons. The third-order valence-corrected chi connectivity index (χ3v) is 8.10. The molecule has 3 unspecified atom stereocenters. The Morgan fingerprint density at radius 3 is 2.64 bits per heavy atom. The van der Waals surface area contributed by atoms with Gasteiger partial charge in [-0.15, -0.1) is 0 Å². The number of carboxylic acids is 1. The summed E-state index contributed by atoms with van der Waals surface area (Å²) in [7, 11) is 0. The fraction of sp³-hybridized carbons (Fsp3) is 0.720. The maximum Gasteiger partial charge on any atom is 0.344 e. The van der Waals surface area contributed by atoms with Crippen LogP contribution in [-0.4, -0.2) is 41.1 Å². The molecule has 4 heterocycles. The number of rotatable bonds is 6. The van der Waals surface area contributed by atoms with Gasteiger partial charge in [-0.2, -0.15) is 0 Å². The molecule has 1 aliphatic carbocycles. The minimum Gasteiger partial charge on any atom is -0.479 e. The number of fused-ring (bicyclic) bond motifs is 2. The molecule has 33 heavy (non-hydrogen) atoms. The molecular formula is C25H34O8. The third kappa shape index (κ3) is 3.96. The fourth-order valence-corrected chi connectivity index (χ4v) is 6.16. The third-order valence-electron chi connectivity index (χ3n) is 8.10. The average molecular weight is 463 g/mol. The van der Waals surface area contributed by atoms with E-state index in [1.54, 1.807) is 12.1 Å². The molecule has 1 saturated carbocycles. The summed E-state index contributed by atoms with van der Waals surface area (Å²) >= 11 is 0. The van der Waals surface area contributed by atoms with E-state index in [2.05, 4.69) is 13.8 Å². The molecule has 8 nitrogen and oxygen atoms in total. The molecule has 5 fully saturated rings. The number of carbonyl (C=O) groups is 1. The van der Waals surface area contributed by atoms with E-state index >= 15 is 0 Å². The molecule has 0 aromatic heterocycles. The molecule has 2 bridgehead atoms. The van der Waals surface area contributed by atoms with Crippen LogP contribution in [0.15, 0.2) is 24.3 Å². The van der Waals surface area contributed by atoms with Gasteiger partial charge in [0.2, 0.25) is 5.79 Å². The molecule has 1 aromatic carbocycles. The lowest BCUT2D eigenvalue weighted by Gasteiger charge is -2.60. The van der Waals surface area contributed by atoms with Gasteiger partial charge in [-0.05, 0) is 62.6 Å². The van der Waals surface area contributed by atoms with Gasteiger partial charge >= 0.3 is 5.97 Å². The van der Waals surface area contributed by atoms with Gasteiger partial charge in [0, 0.05) is 18.3 Å². The number of carboxylic acid groups (broad SMARTS) is 1. The number of benzene rings is 1. The second kappa shape index (κ2) is 8.50. The normalized spacial score (nSPS) is 42.8. The summed E-state index contributed by atoms with van der Waals surface area (Å²) in [4.78, 5) is 23.0. The second-order valence-electron chi connectivity index (χ2n) is 10.3. The van der Waals surface area contributed by atoms with Crippen LogP contribution in [0.5, 0.6) is 5.75 Å². The predicted octanol–water partition coefficient (Wildman–Crippen LogP) is 4.26. The van der Waals surface area contributed by atoms with Gasteiger partial charge in [0.25, 0.3) is 0 Å². The SMILES string of the molecule is CC(Oc1ccc(CO[C@@H]2O[C@@H]3O[C@]4(C)CCC5[C@H](C)CCC([C@H]2C)[C@]53OO4)cc1)C(=O)O. The second-order valence-corrected chi connectivity index (χ2v) is 10.3. The molecule has 182 valence electrons. The highest BCUT2D eigenvalue weighted by molar-refractivity contribution is 5.72. The molecule has 4 aliphatic heterocycles. The molecule has 1 N–H and O–H groups in total. The van der Waals surface area contributed by atoms with Crippen LogP contribution in [-0.2, 0) is 35.4 Å². The first-order valence-corrected chi connectivity index (χ1v) is 12.0. The fourth-order valence-electron chi connectivity index (χ4n) is 6.16. The van der Waals surface area contributed by atoms with Gasteiger partial charge in [0.1, 0.15) is 5.75 Å². The Kier molecular flexibility index (Phi) is 5.94. The van der Waals surface area contributed by atoms with Gasteiger partial charge in [-0.25, -0.2) is 14.6 Å². The van der Waals surface area contributed by atoms with Gasteiger partial charge in [-0.3, -0.25) is 0 Å². The zero-order chi connectivity index (χ0) is 23.4. The first-order valence-electron chi connectivity index (χ1n) is 12.0. The monoisotopic (exact) mass is 462 g/mol. The van der Waals surface area contributed by atoms with Crippen LogP contribution in [0.4, 0.5) is 0 Å². The molecule has 5 aliphatic rings. The Labute approximate surface area is 194 Å². The van der Waals surface area contributed by atoms with E-state index in [1.807, 2.05) is 19.1 Å². The van der Waals surface area contributed by atoms with Gasteiger partial charge in [0.15, 0.2) is 24.3 Å². The highest BCUT2D eigenvalue weighted by Crippen LogP contribution is 2.60. The molecule has 9 atom stereocenters. The van der Waals surface area contributed by atoms with Gasteiger partial charge in [-0.1, -0.05) is 26.0 Å². The number of aliphatic carboxylic acids is 1. The van der Waals surface area contributed by atoms with Crippen LogP contribution in [0.25, 0.3) is 0 Å². The lowest BCUT2D eigenvalue weighted by Crippen LogP contribution is -2.70. The Morgan fingerprint density at radius 2 is 1.91 bits per heavy atom. The van der Waals surface area contributed by atoms with E-state index < -0.39 is 36.0 Å². The van der Waals surface area contributed by atoms with Crippen molar-refractivity contribution in [2.24, 2.45) is 23.7 Å². The van der Waals surface area contributed by atoms with Crippen molar-refractivity contribution in [2.45, 2.75) is 90.1 Å². The topological polar surface area (TPSA) is 92.7 Å². The van der Waals surface area contributed by atoms with Crippen LogP contribution in [0, 0.1) is 23.7 Å². The summed E-state index contributed by atoms with van der Waals surface area (Å²) in [6.45, 7) is 8.25. The molecular weight excluding hydrogens is 428 g/mol. The summed E-state index contributed by atoms with van der Waals surface area (Å²) in [5.74, 6) is -0.104. The smallest absolute Gasteiger partial charge is 0.344 e. The Hall–Kier alpha value is -1.71. The highest BCUT2D eigenvalue weighted by Gasteiger charge is 2.69. The Morgan fingerprint density at radius 1 is 1.15 bits per heavy atom. The average Bonchev–Trinajstić information content (AvgIpc) is 3.02. The predicted molar refractivity (Wildman–Crippen MR) is 116 cm³/mol. The molecule has 1 spiro atoms. The zero-order valence-corrected chi connectivity index (χ0v) is 19.7. The lowest BCUT2D eigenvalue weighted by molar-refractivity contribution is -0.577. The van der Waals surface area contributed by atoms with Crippen LogP contribution in [0.1, 0.15) is 58.9 Å². The van der Waals surface area contributed by atoms with Crippen molar-refractivity contribution in [1.29, 1.82) is 0 Å². The van der Waals surface area contributed by atoms with E-state index in [-0.39, 0.29) is 11.8 Å².